The summed E-state index contributed by atoms with van der Waals surface area (Å²) in [5.74, 6) is 2.32. The lowest BCUT2D eigenvalue weighted by Crippen LogP contribution is -2.06. The van der Waals surface area contributed by atoms with Crippen molar-refractivity contribution in [3.05, 3.63) is 30.3 Å². The van der Waals surface area contributed by atoms with E-state index < -0.39 is 0 Å². The molecule has 1 aromatic rings. The molecule has 2 rings (SSSR count). The van der Waals surface area contributed by atoms with Crippen LogP contribution in [-0.2, 0) is 0 Å². The zero-order valence-corrected chi connectivity index (χ0v) is 10.1. The van der Waals surface area contributed by atoms with Crippen molar-refractivity contribution in [1.29, 1.82) is 0 Å². The molecule has 1 heteroatoms. The molecular weight excluding hydrogens is 200 g/mol. The highest BCUT2D eigenvalue weighted by atomic mass is 32.2. The Kier molecular flexibility index (Phi) is 4.59. The average molecular weight is 220 g/mol. The summed E-state index contributed by atoms with van der Waals surface area (Å²) >= 11 is 2.01. The Morgan fingerprint density at radius 1 is 1.00 bits per heavy atom. The summed E-state index contributed by atoms with van der Waals surface area (Å²) in [6.45, 7) is 0. The van der Waals surface area contributed by atoms with E-state index in [0.29, 0.717) is 0 Å². The second-order valence-electron chi connectivity index (χ2n) is 4.45. The van der Waals surface area contributed by atoms with Gasteiger partial charge in [0.25, 0.3) is 0 Å². The van der Waals surface area contributed by atoms with E-state index >= 15 is 0 Å². The van der Waals surface area contributed by atoms with Crippen LogP contribution in [0.2, 0.25) is 0 Å². The molecule has 0 saturated heterocycles. The van der Waals surface area contributed by atoms with Crippen LogP contribution < -0.4 is 0 Å². The smallest absolute Gasteiger partial charge is 0.00719 e. The molecule has 0 spiro atoms. The Labute approximate surface area is 97.5 Å². The van der Waals surface area contributed by atoms with E-state index in [1.54, 1.807) is 0 Å². The summed E-state index contributed by atoms with van der Waals surface area (Å²) in [6.07, 6.45) is 8.80. The third-order valence-electron chi connectivity index (χ3n) is 3.26. The van der Waals surface area contributed by atoms with Crippen LogP contribution in [0.3, 0.4) is 0 Å². The number of hydrogen-bond acceptors (Lipinski definition) is 1. The van der Waals surface area contributed by atoms with Gasteiger partial charge in [-0.3, -0.25) is 0 Å². The predicted octanol–water partition coefficient (Wildman–Crippen LogP) is 4.75. The summed E-state index contributed by atoms with van der Waals surface area (Å²) in [6, 6.07) is 10.8. The molecule has 0 heterocycles. The summed E-state index contributed by atoms with van der Waals surface area (Å²) in [7, 11) is 0. The highest BCUT2D eigenvalue weighted by Gasteiger charge is 2.12. The van der Waals surface area contributed by atoms with Crippen molar-refractivity contribution < 1.29 is 0 Å². The number of thioether (sulfide) groups is 1. The molecule has 0 nitrogen and oxygen atoms in total. The molecule has 0 amide bonds. The molecule has 0 aliphatic heterocycles. The second kappa shape index (κ2) is 6.22. The van der Waals surface area contributed by atoms with Crippen molar-refractivity contribution in [2.75, 3.05) is 5.75 Å². The van der Waals surface area contributed by atoms with Crippen LogP contribution in [-0.4, -0.2) is 5.75 Å². The molecule has 0 unspecified atom stereocenters. The van der Waals surface area contributed by atoms with Crippen molar-refractivity contribution in [2.45, 2.75) is 43.4 Å². The van der Waals surface area contributed by atoms with Gasteiger partial charge in [-0.2, -0.15) is 0 Å². The molecule has 0 N–H and O–H groups in total. The molecule has 0 bridgehead atoms. The van der Waals surface area contributed by atoms with Gasteiger partial charge in [-0.25, -0.2) is 0 Å². The topological polar surface area (TPSA) is 0 Å². The summed E-state index contributed by atoms with van der Waals surface area (Å²) < 4.78 is 0. The van der Waals surface area contributed by atoms with Gasteiger partial charge in [0.05, 0.1) is 0 Å². The lowest BCUT2D eigenvalue weighted by molar-refractivity contribution is 0.351. The molecule has 1 saturated carbocycles. The Morgan fingerprint density at radius 3 is 2.47 bits per heavy atom. The minimum Gasteiger partial charge on any atom is -0.126 e. The third-order valence-corrected chi connectivity index (χ3v) is 4.31. The van der Waals surface area contributed by atoms with Crippen LogP contribution in [0, 0.1) is 5.92 Å². The fourth-order valence-electron chi connectivity index (χ4n) is 2.34. The van der Waals surface area contributed by atoms with E-state index in [1.165, 1.54) is 49.2 Å². The Bertz CT molecular complexity index is 262. The van der Waals surface area contributed by atoms with Crippen molar-refractivity contribution in [1.82, 2.24) is 0 Å². The Morgan fingerprint density at radius 2 is 1.73 bits per heavy atom. The lowest BCUT2D eigenvalue weighted by Gasteiger charge is -2.20. The SMILES string of the molecule is c1ccc(SCCC2CCCCC2)cc1. The first-order valence-electron chi connectivity index (χ1n) is 6.13. The fraction of sp³-hybridized carbons (Fsp3) is 0.571. The fourth-order valence-corrected chi connectivity index (χ4v) is 3.37. The quantitative estimate of drug-likeness (QED) is 0.660. The van der Waals surface area contributed by atoms with Crippen LogP contribution in [0.25, 0.3) is 0 Å². The molecule has 0 atom stereocenters. The zero-order valence-electron chi connectivity index (χ0n) is 9.32. The van der Waals surface area contributed by atoms with Crippen molar-refractivity contribution >= 4 is 11.8 Å². The van der Waals surface area contributed by atoms with Crippen LogP contribution in [0.4, 0.5) is 0 Å². The van der Waals surface area contributed by atoms with Gasteiger partial charge in [-0.15, -0.1) is 11.8 Å². The first-order chi connectivity index (χ1) is 7.45. The number of rotatable bonds is 4. The van der Waals surface area contributed by atoms with E-state index in [0.717, 1.165) is 5.92 Å². The molecule has 1 aliphatic carbocycles. The molecular formula is C14H20S. The van der Waals surface area contributed by atoms with Crippen LogP contribution in [0.5, 0.6) is 0 Å². The van der Waals surface area contributed by atoms with E-state index in [9.17, 15) is 0 Å². The van der Waals surface area contributed by atoms with Gasteiger partial charge >= 0.3 is 0 Å². The zero-order chi connectivity index (χ0) is 10.3. The number of hydrogen-bond donors (Lipinski definition) is 0. The van der Waals surface area contributed by atoms with E-state index in [1.807, 2.05) is 11.8 Å². The molecule has 1 fully saturated rings. The van der Waals surface area contributed by atoms with Gasteiger partial charge in [0.2, 0.25) is 0 Å². The normalized spacial score (nSPS) is 17.9. The van der Waals surface area contributed by atoms with Gasteiger partial charge in [-0.1, -0.05) is 50.3 Å². The van der Waals surface area contributed by atoms with Crippen molar-refractivity contribution in [3.8, 4) is 0 Å². The van der Waals surface area contributed by atoms with Crippen LogP contribution in [0.15, 0.2) is 35.2 Å². The van der Waals surface area contributed by atoms with E-state index in [-0.39, 0.29) is 0 Å². The summed E-state index contributed by atoms with van der Waals surface area (Å²) in [5, 5.41) is 0. The van der Waals surface area contributed by atoms with Gasteiger partial charge in [-0.05, 0) is 30.2 Å². The van der Waals surface area contributed by atoms with Gasteiger partial charge in [0, 0.05) is 4.90 Å². The van der Waals surface area contributed by atoms with Crippen LogP contribution >= 0.6 is 11.8 Å². The van der Waals surface area contributed by atoms with E-state index in [2.05, 4.69) is 30.3 Å². The summed E-state index contributed by atoms with van der Waals surface area (Å²) in [5.41, 5.74) is 0. The van der Waals surface area contributed by atoms with Crippen molar-refractivity contribution in [2.24, 2.45) is 5.92 Å². The predicted molar refractivity (Wildman–Crippen MR) is 68.4 cm³/mol. The maximum absolute atomic E-state index is 2.21. The highest BCUT2D eigenvalue weighted by Crippen LogP contribution is 2.29. The maximum Gasteiger partial charge on any atom is 0.00719 e. The number of benzene rings is 1. The van der Waals surface area contributed by atoms with Gasteiger partial charge in [0.15, 0.2) is 0 Å². The maximum atomic E-state index is 2.21. The first-order valence-corrected chi connectivity index (χ1v) is 7.11. The Hall–Kier alpha value is -0.430. The summed E-state index contributed by atoms with van der Waals surface area (Å²) in [4.78, 5) is 1.42. The third kappa shape index (κ3) is 3.90. The van der Waals surface area contributed by atoms with Gasteiger partial charge < -0.3 is 0 Å². The molecule has 0 aromatic heterocycles. The van der Waals surface area contributed by atoms with Crippen molar-refractivity contribution in [3.63, 3.8) is 0 Å². The Balaban J connectivity index is 1.66. The first kappa shape index (κ1) is 11.1. The minimum absolute atomic E-state index is 1.02. The standard InChI is InChI=1S/C14H20S/c1-3-7-13(8-4-1)11-12-15-14-9-5-2-6-10-14/h2,5-6,9-10,13H,1,3-4,7-8,11-12H2. The van der Waals surface area contributed by atoms with Gasteiger partial charge in [0.1, 0.15) is 0 Å². The highest BCUT2D eigenvalue weighted by molar-refractivity contribution is 7.99. The monoisotopic (exact) mass is 220 g/mol. The largest absolute Gasteiger partial charge is 0.126 e. The van der Waals surface area contributed by atoms with E-state index in [4.69, 9.17) is 0 Å². The lowest BCUT2D eigenvalue weighted by atomic mass is 9.88. The molecule has 1 aromatic carbocycles. The second-order valence-corrected chi connectivity index (χ2v) is 5.62. The molecule has 0 radical (unpaired) electrons. The minimum atomic E-state index is 1.02. The average Bonchev–Trinajstić information content (AvgIpc) is 2.32. The molecule has 1 aliphatic rings. The molecule has 82 valence electrons. The molecule has 15 heavy (non-hydrogen) atoms. The van der Waals surface area contributed by atoms with Crippen LogP contribution in [0.1, 0.15) is 38.5 Å².